The molecule has 2 fully saturated rings. The lowest BCUT2D eigenvalue weighted by Crippen LogP contribution is -2.46. The minimum atomic E-state index is 0.492. The third-order valence-electron chi connectivity index (χ3n) is 6.14. The molecule has 5 rings (SSSR count). The summed E-state index contributed by atoms with van der Waals surface area (Å²) in [6, 6.07) is 3.22. The summed E-state index contributed by atoms with van der Waals surface area (Å²) >= 11 is 0. The van der Waals surface area contributed by atoms with E-state index in [0.29, 0.717) is 12.1 Å². The Balaban J connectivity index is 1.37. The Morgan fingerprint density at radius 3 is 2.37 bits per heavy atom. The largest absolute Gasteiger partial charge is 0.363 e. The lowest BCUT2D eigenvalue weighted by molar-refractivity contribution is 0.458. The number of nitrogens with zero attached hydrogens (tertiary/aromatic N) is 9. The van der Waals surface area contributed by atoms with Crippen molar-refractivity contribution in [3.05, 3.63) is 24.4 Å². The normalized spacial score (nSPS) is 17.5. The van der Waals surface area contributed by atoms with Crippen molar-refractivity contribution >= 4 is 28.5 Å². The molecule has 2 aliphatic rings. The topological polar surface area (TPSA) is 79.1 Å². The van der Waals surface area contributed by atoms with Gasteiger partial charge in [-0.3, -0.25) is 4.68 Å². The van der Waals surface area contributed by atoms with Gasteiger partial charge >= 0.3 is 0 Å². The number of hydrogen-bond acceptors (Lipinski definition) is 8. The highest BCUT2D eigenvalue weighted by Gasteiger charge is 2.37. The minimum Gasteiger partial charge on any atom is -0.363 e. The summed E-state index contributed by atoms with van der Waals surface area (Å²) in [6.07, 6.45) is 8.26. The predicted molar refractivity (Wildman–Crippen MR) is 118 cm³/mol. The maximum atomic E-state index is 4.77. The summed E-state index contributed by atoms with van der Waals surface area (Å²) < 4.78 is 1.83. The SMILES string of the molecule is Cc1nc(N2CCC(N(c3cc(N(C)C)ncn3)C3CC3)CC2)c2cnn(C)c2n1. The molecule has 0 atom stereocenters. The molecule has 0 bridgehead atoms. The standard InChI is InChI=1S/C21H29N9/c1-14-25-20-17(12-24-28(20)4)21(26-14)29-9-7-16(8-10-29)30(15-5-6-15)19-11-18(27(2)3)22-13-23-19/h11-13,15-16H,5-10H2,1-4H3. The molecular weight excluding hydrogens is 378 g/mol. The lowest BCUT2D eigenvalue weighted by atomic mass is 10.0. The van der Waals surface area contributed by atoms with Crippen molar-refractivity contribution in [2.45, 2.75) is 44.7 Å². The van der Waals surface area contributed by atoms with Gasteiger partial charge in [-0.15, -0.1) is 0 Å². The van der Waals surface area contributed by atoms with Gasteiger partial charge in [-0.1, -0.05) is 0 Å². The minimum absolute atomic E-state index is 0.492. The Morgan fingerprint density at radius 2 is 1.67 bits per heavy atom. The van der Waals surface area contributed by atoms with E-state index in [1.54, 1.807) is 6.33 Å². The summed E-state index contributed by atoms with van der Waals surface area (Å²) in [7, 11) is 5.98. The Morgan fingerprint density at radius 1 is 0.967 bits per heavy atom. The van der Waals surface area contributed by atoms with Crippen LogP contribution in [0.3, 0.4) is 0 Å². The number of aromatic nitrogens is 6. The van der Waals surface area contributed by atoms with Crippen molar-refractivity contribution in [2.24, 2.45) is 7.05 Å². The lowest BCUT2D eigenvalue weighted by Gasteiger charge is -2.40. The zero-order chi connectivity index (χ0) is 20.8. The van der Waals surface area contributed by atoms with E-state index in [0.717, 1.165) is 60.2 Å². The summed E-state index contributed by atoms with van der Waals surface area (Å²) in [5.74, 6) is 3.82. The zero-order valence-electron chi connectivity index (χ0n) is 18.2. The highest BCUT2D eigenvalue weighted by molar-refractivity contribution is 5.87. The number of aryl methyl sites for hydroxylation is 2. The van der Waals surface area contributed by atoms with E-state index in [-0.39, 0.29) is 0 Å². The van der Waals surface area contributed by atoms with E-state index >= 15 is 0 Å². The molecule has 0 amide bonds. The van der Waals surface area contributed by atoms with E-state index in [1.807, 2.05) is 43.8 Å². The molecule has 0 N–H and O–H groups in total. The Kier molecular flexibility index (Phi) is 4.67. The number of anilines is 3. The predicted octanol–water partition coefficient (Wildman–Crippen LogP) is 2.17. The highest BCUT2D eigenvalue weighted by atomic mass is 15.3. The van der Waals surface area contributed by atoms with Crippen LogP contribution in [0.5, 0.6) is 0 Å². The molecule has 4 heterocycles. The van der Waals surface area contributed by atoms with Gasteiger partial charge in [0.05, 0.1) is 11.6 Å². The van der Waals surface area contributed by atoms with Crippen LogP contribution in [-0.2, 0) is 7.05 Å². The highest BCUT2D eigenvalue weighted by Crippen LogP contribution is 2.37. The van der Waals surface area contributed by atoms with E-state index in [9.17, 15) is 0 Å². The summed E-state index contributed by atoms with van der Waals surface area (Å²) in [5, 5.41) is 5.42. The van der Waals surface area contributed by atoms with Crippen LogP contribution >= 0.6 is 0 Å². The van der Waals surface area contributed by atoms with Gasteiger partial charge in [-0.05, 0) is 32.6 Å². The molecule has 9 nitrogen and oxygen atoms in total. The molecule has 0 unspecified atom stereocenters. The van der Waals surface area contributed by atoms with Gasteiger partial charge in [-0.25, -0.2) is 19.9 Å². The van der Waals surface area contributed by atoms with Gasteiger partial charge in [0.1, 0.15) is 29.6 Å². The number of hydrogen-bond donors (Lipinski definition) is 0. The van der Waals surface area contributed by atoms with Gasteiger partial charge in [0.25, 0.3) is 0 Å². The van der Waals surface area contributed by atoms with Gasteiger partial charge < -0.3 is 14.7 Å². The Labute approximate surface area is 176 Å². The molecule has 1 saturated heterocycles. The van der Waals surface area contributed by atoms with E-state index < -0.39 is 0 Å². The van der Waals surface area contributed by atoms with E-state index in [2.05, 4.69) is 35.9 Å². The van der Waals surface area contributed by atoms with Gasteiger partial charge in [0, 0.05) is 52.4 Å². The average Bonchev–Trinajstić information content (AvgIpc) is 3.51. The molecular formula is C21H29N9. The fraction of sp³-hybridized carbons (Fsp3) is 0.571. The molecule has 1 aliphatic heterocycles. The van der Waals surface area contributed by atoms with Gasteiger partial charge in [0.15, 0.2) is 5.65 Å². The van der Waals surface area contributed by atoms with Crippen molar-refractivity contribution in [3.8, 4) is 0 Å². The third kappa shape index (κ3) is 3.42. The second-order valence-electron chi connectivity index (χ2n) is 8.59. The Bertz CT molecular complexity index is 1050. The summed E-state index contributed by atoms with van der Waals surface area (Å²) in [4.78, 5) is 25.3. The van der Waals surface area contributed by atoms with Crippen LogP contribution in [0.4, 0.5) is 17.5 Å². The molecule has 158 valence electrons. The van der Waals surface area contributed by atoms with Crippen LogP contribution in [-0.4, -0.2) is 69.0 Å². The van der Waals surface area contributed by atoms with Crippen LogP contribution in [0, 0.1) is 6.92 Å². The molecule has 0 spiro atoms. The fourth-order valence-electron chi connectivity index (χ4n) is 4.46. The molecule has 3 aromatic rings. The van der Waals surface area contributed by atoms with Crippen molar-refractivity contribution in [2.75, 3.05) is 41.9 Å². The van der Waals surface area contributed by atoms with Crippen LogP contribution in [0.15, 0.2) is 18.6 Å². The number of rotatable bonds is 5. The van der Waals surface area contributed by atoms with Crippen LogP contribution in [0.2, 0.25) is 0 Å². The summed E-state index contributed by atoms with van der Waals surface area (Å²) in [6.45, 7) is 3.90. The van der Waals surface area contributed by atoms with Crippen molar-refractivity contribution < 1.29 is 0 Å². The first-order valence-electron chi connectivity index (χ1n) is 10.7. The van der Waals surface area contributed by atoms with Crippen molar-refractivity contribution in [3.63, 3.8) is 0 Å². The zero-order valence-corrected chi connectivity index (χ0v) is 18.2. The van der Waals surface area contributed by atoms with Crippen molar-refractivity contribution in [1.29, 1.82) is 0 Å². The maximum Gasteiger partial charge on any atom is 0.163 e. The van der Waals surface area contributed by atoms with Gasteiger partial charge in [-0.2, -0.15) is 5.10 Å². The smallest absolute Gasteiger partial charge is 0.163 e. The molecule has 1 aliphatic carbocycles. The van der Waals surface area contributed by atoms with Crippen LogP contribution < -0.4 is 14.7 Å². The van der Waals surface area contributed by atoms with Crippen LogP contribution in [0.1, 0.15) is 31.5 Å². The first-order chi connectivity index (χ1) is 14.5. The first-order valence-corrected chi connectivity index (χ1v) is 10.7. The number of piperidine rings is 1. The second-order valence-corrected chi connectivity index (χ2v) is 8.59. The van der Waals surface area contributed by atoms with E-state index in [1.165, 1.54) is 12.8 Å². The first kappa shape index (κ1) is 19.0. The number of fused-ring (bicyclic) bond motifs is 1. The molecule has 0 aromatic carbocycles. The maximum absolute atomic E-state index is 4.77. The van der Waals surface area contributed by atoms with Gasteiger partial charge in [0.2, 0.25) is 0 Å². The molecule has 1 saturated carbocycles. The fourth-order valence-corrected chi connectivity index (χ4v) is 4.46. The molecule has 0 radical (unpaired) electrons. The van der Waals surface area contributed by atoms with E-state index in [4.69, 9.17) is 4.98 Å². The molecule has 3 aromatic heterocycles. The molecule has 30 heavy (non-hydrogen) atoms. The quantitative estimate of drug-likeness (QED) is 0.637. The Hall–Kier alpha value is -2.97. The third-order valence-corrected chi connectivity index (χ3v) is 6.14. The monoisotopic (exact) mass is 407 g/mol. The van der Waals surface area contributed by atoms with Crippen LogP contribution in [0.25, 0.3) is 11.0 Å². The molecule has 9 heteroatoms. The second kappa shape index (κ2) is 7.37. The average molecular weight is 408 g/mol. The van der Waals surface area contributed by atoms with Crippen molar-refractivity contribution in [1.82, 2.24) is 29.7 Å². The summed E-state index contributed by atoms with van der Waals surface area (Å²) in [5.41, 5.74) is 0.899.